The van der Waals surface area contributed by atoms with Crippen molar-refractivity contribution in [3.63, 3.8) is 0 Å². The number of halogens is 1. The Bertz CT molecular complexity index is 1100. The minimum Gasteiger partial charge on any atom is -0.486 e. The van der Waals surface area contributed by atoms with E-state index in [1.807, 2.05) is 30.3 Å². The maximum Gasteiger partial charge on any atom is 0.360 e. The first-order chi connectivity index (χ1) is 13.2. The zero-order valence-corrected chi connectivity index (χ0v) is 15.0. The number of hydrogen-bond acceptors (Lipinski definition) is 6. The number of methoxy groups -OCH3 is 1. The Kier molecular flexibility index (Phi) is 4.52. The number of oxazole rings is 1. The summed E-state index contributed by atoms with van der Waals surface area (Å²) < 4.78 is 17.5. The minimum atomic E-state index is -0.601. The fraction of sp³-hybridized carbons (Fsp3) is 0.105. The second-order valence-electron chi connectivity index (χ2n) is 5.58. The Morgan fingerprint density at radius 1 is 1.15 bits per heavy atom. The summed E-state index contributed by atoms with van der Waals surface area (Å²) in [6, 6.07) is 16.3. The van der Waals surface area contributed by atoms with E-state index in [1.165, 1.54) is 11.6 Å². The number of benzene rings is 2. The second-order valence-corrected chi connectivity index (χ2v) is 5.98. The Labute approximate surface area is 159 Å². The molecule has 136 valence electrons. The summed E-state index contributed by atoms with van der Waals surface area (Å²) in [6.45, 7) is 0.0287. The third kappa shape index (κ3) is 3.24. The molecular weight excluding hydrogens is 370 g/mol. The molecule has 0 aliphatic heterocycles. The van der Waals surface area contributed by atoms with E-state index >= 15 is 0 Å². The van der Waals surface area contributed by atoms with E-state index in [9.17, 15) is 4.79 Å². The first-order valence-corrected chi connectivity index (χ1v) is 8.44. The SMILES string of the molecule is COC(=O)c1c(COc2ccccc2)oc2nc(-c3ccccc3Cl)nn12. The van der Waals surface area contributed by atoms with Gasteiger partial charge in [-0.25, -0.2) is 4.79 Å². The van der Waals surface area contributed by atoms with Crippen LogP contribution in [0.5, 0.6) is 5.75 Å². The molecule has 0 fully saturated rings. The second kappa shape index (κ2) is 7.13. The highest BCUT2D eigenvalue weighted by atomic mass is 35.5. The highest BCUT2D eigenvalue weighted by Crippen LogP contribution is 2.27. The Hall–Kier alpha value is -3.32. The van der Waals surface area contributed by atoms with E-state index in [-0.39, 0.29) is 23.9 Å². The van der Waals surface area contributed by atoms with Crippen molar-refractivity contribution in [2.24, 2.45) is 0 Å². The molecule has 0 aliphatic rings. The first-order valence-electron chi connectivity index (χ1n) is 8.07. The van der Waals surface area contributed by atoms with Gasteiger partial charge in [0, 0.05) is 5.56 Å². The quantitative estimate of drug-likeness (QED) is 0.484. The summed E-state index contributed by atoms with van der Waals surface area (Å²) in [6.07, 6.45) is 0. The smallest absolute Gasteiger partial charge is 0.360 e. The van der Waals surface area contributed by atoms with E-state index < -0.39 is 5.97 Å². The maximum absolute atomic E-state index is 12.3. The van der Waals surface area contributed by atoms with Crippen LogP contribution >= 0.6 is 11.6 Å². The number of esters is 1. The van der Waals surface area contributed by atoms with Gasteiger partial charge in [-0.2, -0.15) is 9.50 Å². The summed E-state index contributed by atoms with van der Waals surface area (Å²) in [5, 5.41) is 4.86. The predicted molar refractivity (Wildman–Crippen MR) is 97.8 cm³/mol. The molecule has 7 nitrogen and oxygen atoms in total. The molecule has 0 spiro atoms. The van der Waals surface area contributed by atoms with Crippen molar-refractivity contribution < 1.29 is 18.7 Å². The molecular formula is C19H14ClN3O4. The van der Waals surface area contributed by atoms with Crippen molar-refractivity contribution in [1.82, 2.24) is 14.6 Å². The number of nitrogens with zero attached hydrogens (tertiary/aromatic N) is 3. The van der Waals surface area contributed by atoms with Crippen molar-refractivity contribution in [3.05, 3.63) is 71.1 Å². The van der Waals surface area contributed by atoms with Gasteiger partial charge < -0.3 is 13.9 Å². The van der Waals surface area contributed by atoms with Gasteiger partial charge in [-0.3, -0.25) is 0 Å². The minimum absolute atomic E-state index is 0.0287. The number of hydrogen-bond donors (Lipinski definition) is 0. The van der Waals surface area contributed by atoms with E-state index in [4.69, 9.17) is 25.5 Å². The van der Waals surface area contributed by atoms with Gasteiger partial charge in [-0.1, -0.05) is 41.9 Å². The van der Waals surface area contributed by atoms with Crippen molar-refractivity contribution in [3.8, 4) is 17.1 Å². The normalized spacial score (nSPS) is 10.9. The lowest BCUT2D eigenvalue weighted by Crippen LogP contribution is -2.10. The zero-order chi connectivity index (χ0) is 18.8. The van der Waals surface area contributed by atoms with Gasteiger partial charge in [0.25, 0.3) is 0 Å². The molecule has 2 aromatic heterocycles. The highest BCUT2D eigenvalue weighted by molar-refractivity contribution is 6.33. The monoisotopic (exact) mass is 383 g/mol. The van der Waals surface area contributed by atoms with Crippen LogP contribution < -0.4 is 4.74 Å². The molecule has 0 saturated heterocycles. The topological polar surface area (TPSA) is 78.9 Å². The molecule has 0 radical (unpaired) electrons. The molecule has 0 unspecified atom stereocenters. The fourth-order valence-electron chi connectivity index (χ4n) is 2.60. The number of fused-ring (bicyclic) bond motifs is 1. The van der Waals surface area contributed by atoms with Crippen LogP contribution in [0, 0.1) is 0 Å². The zero-order valence-electron chi connectivity index (χ0n) is 14.3. The van der Waals surface area contributed by atoms with Gasteiger partial charge in [-0.05, 0) is 24.3 Å². The summed E-state index contributed by atoms with van der Waals surface area (Å²) in [4.78, 5) is 16.6. The number of carbonyl (C=O) groups excluding carboxylic acids is 1. The maximum atomic E-state index is 12.3. The Balaban J connectivity index is 1.73. The molecule has 0 amide bonds. The van der Waals surface area contributed by atoms with Gasteiger partial charge in [0.1, 0.15) is 12.4 Å². The molecule has 4 rings (SSSR count). The largest absolute Gasteiger partial charge is 0.486 e. The van der Waals surface area contributed by atoms with Crippen molar-refractivity contribution >= 4 is 23.4 Å². The molecule has 27 heavy (non-hydrogen) atoms. The first kappa shape index (κ1) is 17.1. The predicted octanol–water partition coefficient (Wildman–Crippen LogP) is 4.01. The van der Waals surface area contributed by atoms with E-state index in [2.05, 4.69) is 10.1 Å². The lowest BCUT2D eigenvalue weighted by Gasteiger charge is -2.05. The molecule has 0 N–H and O–H groups in total. The van der Waals surface area contributed by atoms with E-state index in [0.29, 0.717) is 22.2 Å². The van der Waals surface area contributed by atoms with Gasteiger partial charge in [0.15, 0.2) is 17.3 Å². The van der Waals surface area contributed by atoms with Gasteiger partial charge in [0.05, 0.1) is 12.1 Å². The molecule has 0 saturated carbocycles. The molecule has 8 heteroatoms. The number of para-hydroxylation sites is 1. The van der Waals surface area contributed by atoms with Crippen molar-refractivity contribution in [2.45, 2.75) is 6.61 Å². The van der Waals surface area contributed by atoms with Crippen LogP contribution in [0.15, 0.2) is 59.0 Å². The van der Waals surface area contributed by atoms with Gasteiger partial charge >= 0.3 is 11.8 Å². The summed E-state index contributed by atoms with van der Waals surface area (Å²) in [7, 11) is 1.29. The number of ether oxygens (including phenoxy) is 2. The van der Waals surface area contributed by atoms with Gasteiger partial charge in [-0.15, -0.1) is 5.10 Å². The summed E-state index contributed by atoms with van der Waals surface area (Å²) in [5.74, 6) is 0.812. The van der Waals surface area contributed by atoms with E-state index in [1.54, 1.807) is 24.3 Å². The van der Waals surface area contributed by atoms with Crippen LogP contribution in [-0.4, -0.2) is 27.7 Å². The highest BCUT2D eigenvalue weighted by Gasteiger charge is 2.26. The fourth-order valence-corrected chi connectivity index (χ4v) is 2.82. The van der Waals surface area contributed by atoms with Crippen LogP contribution in [0.3, 0.4) is 0 Å². The molecule has 0 aliphatic carbocycles. The lowest BCUT2D eigenvalue weighted by molar-refractivity contribution is 0.0586. The van der Waals surface area contributed by atoms with Crippen LogP contribution in [-0.2, 0) is 11.3 Å². The van der Waals surface area contributed by atoms with E-state index in [0.717, 1.165) is 0 Å². The standard InChI is InChI=1S/C19H14ClN3O4/c1-25-18(24)16-15(11-26-12-7-3-2-4-8-12)27-19-21-17(22-23(16)19)13-9-5-6-10-14(13)20/h2-10H,11H2,1H3. The molecule has 0 bridgehead atoms. The number of rotatable bonds is 5. The third-order valence-electron chi connectivity index (χ3n) is 3.87. The van der Waals surface area contributed by atoms with Crippen LogP contribution in [0.1, 0.15) is 16.2 Å². The average Bonchev–Trinajstić information content (AvgIpc) is 3.24. The van der Waals surface area contributed by atoms with Crippen LogP contribution in [0.4, 0.5) is 0 Å². The molecule has 0 atom stereocenters. The molecule has 4 aromatic rings. The third-order valence-corrected chi connectivity index (χ3v) is 4.20. The Morgan fingerprint density at radius 3 is 2.63 bits per heavy atom. The molecule has 2 heterocycles. The van der Waals surface area contributed by atoms with Crippen molar-refractivity contribution in [1.29, 1.82) is 0 Å². The Morgan fingerprint density at radius 2 is 1.89 bits per heavy atom. The van der Waals surface area contributed by atoms with Crippen LogP contribution in [0.25, 0.3) is 17.2 Å². The van der Waals surface area contributed by atoms with Gasteiger partial charge in [0.2, 0.25) is 0 Å². The lowest BCUT2D eigenvalue weighted by atomic mass is 10.2. The summed E-state index contributed by atoms with van der Waals surface area (Å²) >= 11 is 6.20. The number of carbonyl (C=O) groups is 1. The summed E-state index contributed by atoms with van der Waals surface area (Å²) in [5.41, 5.74) is 0.755. The average molecular weight is 384 g/mol. The number of aromatic nitrogens is 3. The van der Waals surface area contributed by atoms with Crippen LogP contribution in [0.2, 0.25) is 5.02 Å². The molecule has 2 aromatic carbocycles. The van der Waals surface area contributed by atoms with Crippen molar-refractivity contribution in [2.75, 3.05) is 7.11 Å².